The lowest BCUT2D eigenvalue weighted by Gasteiger charge is -2.30. The van der Waals surface area contributed by atoms with E-state index in [4.69, 9.17) is 23.9 Å². The highest BCUT2D eigenvalue weighted by Gasteiger charge is 2.30. The topological polar surface area (TPSA) is 103 Å². The van der Waals surface area contributed by atoms with Crippen LogP contribution < -0.4 is 9.47 Å². The molecule has 9 heteroatoms. The first kappa shape index (κ1) is 34.8. The normalized spacial score (nSPS) is 12.9. The number of rotatable bonds is 13. The highest BCUT2D eigenvalue weighted by atomic mass is 16.6. The Morgan fingerprint density at radius 2 is 1.69 bits per heavy atom. The van der Waals surface area contributed by atoms with Crippen molar-refractivity contribution in [1.82, 2.24) is 14.9 Å². The molecular weight excluding hydrogens is 606 g/mol. The van der Waals surface area contributed by atoms with Gasteiger partial charge in [0.2, 0.25) is 5.88 Å². The third-order valence-electron chi connectivity index (χ3n) is 8.37. The second-order valence-corrected chi connectivity index (χ2v) is 13.3. The van der Waals surface area contributed by atoms with Crippen molar-refractivity contribution >= 4 is 23.0 Å². The number of benzene rings is 2. The average molecular weight is 656 g/mol. The molecule has 0 aliphatic carbocycles. The lowest BCUT2D eigenvalue weighted by Crippen LogP contribution is -2.39. The van der Waals surface area contributed by atoms with Gasteiger partial charge in [-0.05, 0) is 63.6 Å². The van der Waals surface area contributed by atoms with Crippen LogP contribution in [0.15, 0.2) is 48.5 Å². The number of amides is 1. The summed E-state index contributed by atoms with van der Waals surface area (Å²) >= 11 is 0. The summed E-state index contributed by atoms with van der Waals surface area (Å²) < 4.78 is 24.1. The number of nitrogens with zero attached hydrogens (tertiary/aromatic N) is 2. The molecule has 48 heavy (non-hydrogen) atoms. The standard InChI is InChI=1S/C39H49N3O6/c1-7-10-21-45-35-28(9-3)34(41-36(46-22-11-8-2)33(35)37(43)47-25-26-15-13-12-14-16-26)27-17-18-29-30-19-20-42(38(44)48-39(4,5)6)24-32(30)40-31(29)23-27/h12-18,23,40H,7-11,19-22,24-25H2,1-6H3. The number of fused-ring (bicyclic) bond motifs is 3. The number of ether oxygens (including phenoxy) is 4. The Labute approximate surface area is 283 Å². The van der Waals surface area contributed by atoms with Gasteiger partial charge in [0.05, 0.1) is 25.5 Å². The van der Waals surface area contributed by atoms with E-state index in [1.54, 1.807) is 4.90 Å². The van der Waals surface area contributed by atoms with Crippen molar-refractivity contribution in [2.24, 2.45) is 0 Å². The number of esters is 1. The summed E-state index contributed by atoms with van der Waals surface area (Å²) in [4.78, 5) is 37.0. The van der Waals surface area contributed by atoms with Crippen molar-refractivity contribution in [3.05, 3.63) is 76.5 Å². The Balaban J connectivity index is 1.55. The molecule has 9 nitrogen and oxygen atoms in total. The molecule has 0 atom stereocenters. The van der Waals surface area contributed by atoms with Crippen LogP contribution in [0.4, 0.5) is 4.79 Å². The number of hydrogen-bond acceptors (Lipinski definition) is 7. The van der Waals surface area contributed by atoms with Crippen LogP contribution in [0.5, 0.6) is 11.6 Å². The van der Waals surface area contributed by atoms with Crippen LogP contribution in [0.25, 0.3) is 22.2 Å². The molecule has 0 bridgehead atoms. The summed E-state index contributed by atoms with van der Waals surface area (Å²) in [5, 5.41) is 1.12. The molecule has 2 aromatic carbocycles. The minimum absolute atomic E-state index is 0.130. The molecule has 0 unspecified atom stereocenters. The second kappa shape index (κ2) is 15.6. The van der Waals surface area contributed by atoms with Gasteiger partial charge in [0, 0.05) is 34.3 Å². The van der Waals surface area contributed by atoms with Gasteiger partial charge in [-0.15, -0.1) is 0 Å². The number of aromatic nitrogens is 2. The van der Waals surface area contributed by atoms with E-state index in [-0.39, 0.29) is 24.1 Å². The Kier molecular flexibility index (Phi) is 11.3. The van der Waals surface area contributed by atoms with Gasteiger partial charge in [0.25, 0.3) is 0 Å². The SMILES string of the molecule is CCCCOc1nc(-c2ccc3c4c([nH]c3c2)CN(C(=O)OC(C)(C)C)CC4)c(CC)c(OCCCC)c1C(=O)OCc1ccccc1. The first-order chi connectivity index (χ1) is 23.1. The molecule has 5 rings (SSSR count). The van der Waals surface area contributed by atoms with E-state index in [0.29, 0.717) is 44.2 Å². The maximum atomic E-state index is 13.8. The Morgan fingerprint density at radius 1 is 0.958 bits per heavy atom. The lowest BCUT2D eigenvalue weighted by molar-refractivity contribution is 0.0221. The highest BCUT2D eigenvalue weighted by molar-refractivity contribution is 5.97. The minimum Gasteiger partial charge on any atom is -0.492 e. The number of hydrogen-bond donors (Lipinski definition) is 1. The fourth-order valence-corrected chi connectivity index (χ4v) is 5.90. The maximum Gasteiger partial charge on any atom is 0.410 e. The van der Waals surface area contributed by atoms with E-state index in [0.717, 1.165) is 65.4 Å². The Morgan fingerprint density at radius 3 is 2.38 bits per heavy atom. The lowest BCUT2D eigenvalue weighted by atomic mass is 9.98. The van der Waals surface area contributed by atoms with Crippen LogP contribution in [0.2, 0.25) is 0 Å². The van der Waals surface area contributed by atoms with Crippen molar-refractivity contribution in [1.29, 1.82) is 0 Å². The highest BCUT2D eigenvalue weighted by Crippen LogP contribution is 2.40. The van der Waals surface area contributed by atoms with Gasteiger partial charge in [-0.2, -0.15) is 0 Å². The fraction of sp³-hybridized carbons (Fsp3) is 0.462. The molecule has 1 N–H and O–H groups in total. The van der Waals surface area contributed by atoms with Gasteiger partial charge in [0.15, 0.2) is 5.56 Å². The van der Waals surface area contributed by atoms with Gasteiger partial charge in [-0.1, -0.05) is 76.1 Å². The van der Waals surface area contributed by atoms with Crippen LogP contribution in [0.3, 0.4) is 0 Å². The average Bonchev–Trinajstić information content (AvgIpc) is 3.44. The van der Waals surface area contributed by atoms with E-state index in [9.17, 15) is 9.59 Å². The van der Waals surface area contributed by atoms with Crippen molar-refractivity contribution < 1.29 is 28.5 Å². The number of carbonyl (C=O) groups is 2. The maximum absolute atomic E-state index is 13.8. The van der Waals surface area contributed by atoms with E-state index in [2.05, 4.69) is 37.0 Å². The van der Waals surface area contributed by atoms with E-state index in [1.165, 1.54) is 5.56 Å². The van der Waals surface area contributed by atoms with Crippen molar-refractivity contribution in [2.75, 3.05) is 19.8 Å². The number of aromatic amines is 1. The largest absolute Gasteiger partial charge is 0.492 e. The summed E-state index contributed by atoms with van der Waals surface area (Å²) in [5.74, 6) is 0.172. The summed E-state index contributed by atoms with van der Waals surface area (Å²) in [6.45, 7) is 13.9. The predicted molar refractivity (Wildman–Crippen MR) is 188 cm³/mol. The molecule has 1 aliphatic heterocycles. The molecule has 256 valence electrons. The summed E-state index contributed by atoms with van der Waals surface area (Å²) in [5.41, 5.74) is 6.17. The summed E-state index contributed by atoms with van der Waals surface area (Å²) in [6, 6.07) is 15.9. The van der Waals surface area contributed by atoms with Gasteiger partial charge >= 0.3 is 12.1 Å². The van der Waals surface area contributed by atoms with E-state index >= 15 is 0 Å². The molecule has 1 amide bonds. The molecule has 2 aromatic heterocycles. The molecule has 0 spiro atoms. The summed E-state index contributed by atoms with van der Waals surface area (Å²) in [6.07, 6.45) is 4.56. The first-order valence-corrected chi connectivity index (χ1v) is 17.3. The zero-order chi connectivity index (χ0) is 34.3. The zero-order valence-electron chi connectivity index (χ0n) is 29.2. The molecule has 3 heterocycles. The Bertz CT molecular complexity index is 1720. The number of nitrogens with one attached hydrogen (secondary N) is 1. The van der Waals surface area contributed by atoms with Gasteiger partial charge in [-0.25, -0.2) is 14.6 Å². The third kappa shape index (κ3) is 8.12. The van der Waals surface area contributed by atoms with Crippen LogP contribution in [-0.4, -0.2) is 52.3 Å². The zero-order valence-corrected chi connectivity index (χ0v) is 29.2. The molecular formula is C39H49N3O6. The molecule has 1 aliphatic rings. The second-order valence-electron chi connectivity index (χ2n) is 13.3. The van der Waals surface area contributed by atoms with E-state index < -0.39 is 11.6 Å². The van der Waals surface area contributed by atoms with Crippen molar-refractivity contribution in [3.63, 3.8) is 0 Å². The number of pyridine rings is 1. The predicted octanol–water partition coefficient (Wildman–Crippen LogP) is 8.80. The Hall–Kier alpha value is -4.53. The number of unbranched alkanes of at least 4 members (excludes halogenated alkanes) is 2. The van der Waals surface area contributed by atoms with Crippen molar-refractivity contribution in [2.45, 2.75) is 98.8 Å². The van der Waals surface area contributed by atoms with Gasteiger partial charge < -0.3 is 28.8 Å². The van der Waals surface area contributed by atoms with Gasteiger partial charge in [-0.3, -0.25) is 0 Å². The van der Waals surface area contributed by atoms with Gasteiger partial charge in [0.1, 0.15) is 18.0 Å². The molecule has 0 saturated carbocycles. The number of H-pyrrole nitrogens is 1. The van der Waals surface area contributed by atoms with Crippen LogP contribution >= 0.6 is 0 Å². The van der Waals surface area contributed by atoms with E-state index in [1.807, 2.05) is 58.0 Å². The fourth-order valence-electron chi connectivity index (χ4n) is 5.90. The molecule has 4 aromatic rings. The molecule has 0 fully saturated rings. The number of carbonyl (C=O) groups excluding carboxylic acids is 2. The van der Waals surface area contributed by atoms with Crippen LogP contribution in [-0.2, 0) is 35.5 Å². The first-order valence-electron chi connectivity index (χ1n) is 17.3. The molecule has 0 radical (unpaired) electrons. The van der Waals surface area contributed by atoms with Crippen LogP contribution in [0.1, 0.15) is 100.0 Å². The third-order valence-corrected chi connectivity index (χ3v) is 8.37. The smallest absolute Gasteiger partial charge is 0.410 e. The quantitative estimate of drug-likeness (QED) is 0.113. The minimum atomic E-state index is -0.552. The van der Waals surface area contributed by atoms with Crippen LogP contribution in [0, 0.1) is 0 Å². The monoisotopic (exact) mass is 655 g/mol. The summed E-state index contributed by atoms with van der Waals surface area (Å²) in [7, 11) is 0. The van der Waals surface area contributed by atoms with Crippen molar-refractivity contribution in [3.8, 4) is 22.9 Å². The molecule has 0 saturated heterocycles.